The van der Waals surface area contributed by atoms with Gasteiger partial charge in [-0.25, -0.2) is 4.39 Å². The van der Waals surface area contributed by atoms with Gasteiger partial charge >= 0.3 is 5.97 Å². The molecule has 0 atom stereocenters. The van der Waals surface area contributed by atoms with Crippen LogP contribution < -0.4 is 4.74 Å². The number of rotatable bonds is 7. The monoisotopic (exact) mass is 447 g/mol. The number of carbonyl (C=O) groups is 1. The summed E-state index contributed by atoms with van der Waals surface area (Å²) in [7, 11) is 0. The summed E-state index contributed by atoms with van der Waals surface area (Å²) in [4.78, 5) is 12.9. The first-order chi connectivity index (χ1) is 16.6. The minimum absolute atomic E-state index is 0.135. The van der Waals surface area contributed by atoms with E-state index in [0.717, 1.165) is 11.1 Å². The maximum absolute atomic E-state index is 14.1. The van der Waals surface area contributed by atoms with Gasteiger partial charge in [0, 0.05) is 11.5 Å². The molecule has 4 aromatic rings. The van der Waals surface area contributed by atoms with E-state index in [1.165, 1.54) is 6.07 Å². The molecule has 3 nitrogen and oxygen atoms in total. The van der Waals surface area contributed by atoms with Crippen molar-refractivity contribution in [3.05, 3.63) is 137 Å². The highest BCUT2D eigenvalue weighted by Crippen LogP contribution is 2.29. The van der Waals surface area contributed by atoms with Crippen molar-refractivity contribution in [3.8, 4) is 11.8 Å². The van der Waals surface area contributed by atoms with Gasteiger partial charge in [-0.05, 0) is 41.0 Å². The second-order valence-electron chi connectivity index (χ2n) is 7.77. The van der Waals surface area contributed by atoms with Crippen molar-refractivity contribution in [2.45, 2.75) is 12.3 Å². The molecule has 0 amide bonds. The summed E-state index contributed by atoms with van der Waals surface area (Å²) < 4.78 is 19.8. The van der Waals surface area contributed by atoms with Crippen molar-refractivity contribution < 1.29 is 13.9 Å². The van der Waals surface area contributed by atoms with E-state index in [-0.39, 0.29) is 29.4 Å². The zero-order valence-corrected chi connectivity index (χ0v) is 18.4. The van der Waals surface area contributed by atoms with Crippen LogP contribution in [-0.4, -0.2) is 5.97 Å². The van der Waals surface area contributed by atoms with Crippen molar-refractivity contribution in [1.82, 2.24) is 0 Å². The van der Waals surface area contributed by atoms with Crippen LogP contribution in [0.5, 0.6) is 5.75 Å². The first-order valence-corrected chi connectivity index (χ1v) is 10.9. The molecule has 0 heterocycles. The molecule has 0 saturated carbocycles. The second kappa shape index (κ2) is 10.9. The number of ether oxygens (including phenoxy) is 1. The van der Waals surface area contributed by atoms with Gasteiger partial charge < -0.3 is 4.74 Å². The van der Waals surface area contributed by atoms with E-state index in [2.05, 4.69) is 0 Å². The van der Waals surface area contributed by atoms with Crippen LogP contribution in [0.4, 0.5) is 4.39 Å². The second-order valence-corrected chi connectivity index (χ2v) is 7.77. The van der Waals surface area contributed by atoms with Gasteiger partial charge in [0.1, 0.15) is 11.6 Å². The highest BCUT2D eigenvalue weighted by molar-refractivity contribution is 5.90. The van der Waals surface area contributed by atoms with Crippen molar-refractivity contribution in [2.75, 3.05) is 0 Å². The molecular formula is C30H22FNO2. The Kier molecular flexibility index (Phi) is 7.27. The van der Waals surface area contributed by atoms with E-state index in [1.807, 2.05) is 66.7 Å². The third kappa shape index (κ3) is 5.65. The normalized spacial score (nSPS) is 11.1. The van der Waals surface area contributed by atoms with Gasteiger partial charge in [-0.2, -0.15) is 5.26 Å². The third-order valence-corrected chi connectivity index (χ3v) is 5.46. The maximum atomic E-state index is 14.1. The van der Waals surface area contributed by atoms with Gasteiger partial charge in [0.2, 0.25) is 0 Å². The Hall–Kier alpha value is -4.49. The molecule has 4 heteroatoms. The standard InChI is InChI=1S/C30H22FNO2/c31-29-17-8-7-16-27(29)25(21-32)18-22-10-9-15-26(19-22)34-30(33)20-28(23-11-3-1-4-12-23)24-13-5-2-6-14-24/h1-19,28H,20H2/b25-18-. The molecule has 0 unspecified atom stereocenters. The minimum atomic E-state index is -0.467. The Morgan fingerprint density at radius 2 is 1.47 bits per heavy atom. The van der Waals surface area contributed by atoms with Crippen molar-refractivity contribution in [1.29, 1.82) is 5.26 Å². The lowest BCUT2D eigenvalue weighted by Gasteiger charge is -2.17. The summed E-state index contributed by atoms with van der Waals surface area (Å²) in [6, 6.07) is 34.7. The van der Waals surface area contributed by atoms with E-state index in [1.54, 1.807) is 48.5 Å². The topological polar surface area (TPSA) is 50.1 Å². The van der Waals surface area contributed by atoms with Gasteiger partial charge in [0.25, 0.3) is 0 Å². The molecule has 34 heavy (non-hydrogen) atoms. The van der Waals surface area contributed by atoms with E-state index in [0.29, 0.717) is 11.3 Å². The number of carbonyl (C=O) groups excluding carboxylic acids is 1. The quantitative estimate of drug-likeness (QED) is 0.132. The van der Waals surface area contributed by atoms with Gasteiger partial charge in [0.15, 0.2) is 0 Å². The summed E-state index contributed by atoms with van der Waals surface area (Å²) in [6.07, 6.45) is 1.75. The van der Waals surface area contributed by atoms with Crippen molar-refractivity contribution >= 4 is 17.6 Å². The Bertz CT molecular complexity index is 1300. The Labute approximate surface area is 198 Å². The number of nitrogens with zero attached hydrogens (tertiary/aromatic N) is 1. The molecule has 0 aliphatic rings. The molecule has 0 aromatic heterocycles. The molecule has 0 fully saturated rings. The molecule has 0 bridgehead atoms. The van der Waals surface area contributed by atoms with E-state index >= 15 is 0 Å². The molecule has 0 aliphatic carbocycles. The third-order valence-electron chi connectivity index (χ3n) is 5.46. The Morgan fingerprint density at radius 3 is 2.09 bits per heavy atom. The van der Waals surface area contributed by atoms with Crippen LogP contribution in [0, 0.1) is 17.1 Å². The number of esters is 1. The molecule has 166 valence electrons. The smallest absolute Gasteiger partial charge is 0.312 e. The molecule has 0 saturated heterocycles. The summed E-state index contributed by atoms with van der Waals surface area (Å²) in [5, 5.41) is 9.53. The minimum Gasteiger partial charge on any atom is -0.426 e. The fourth-order valence-corrected chi connectivity index (χ4v) is 3.82. The maximum Gasteiger partial charge on any atom is 0.312 e. The molecule has 0 aliphatic heterocycles. The lowest BCUT2D eigenvalue weighted by Crippen LogP contribution is -2.14. The predicted octanol–water partition coefficient (Wildman–Crippen LogP) is 7.02. The van der Waals surface area contributed by atoms with Crippen LogP contribution in [0.2, 0.25) is 0 Å². The molecule has 0 spiro atoms. The summed E-state index contributed by atoms with van der Waals surface area (Å²) in [5.41, 5.74) is 3.11. The lowest BCUT2D eigenvalue weighted by atomic mass is 9.88. The van der Waals surface area contributed by atoms with Gasteiger partial charge in [-0.3, -0.25) is 4.79 Å². The molecule has 4 aromatic carbocycles. The van der Waals surface area contributed by atoms with Gasteiger partial charge in [0.05, 0.1) is 18.1 Å². The number of allylic oxidation sites excluding steroid dienone is 1. The van der Waals surface area contributed by atoms with Crippen LogP contribution in [-0.2, 0) is 4.79 Å². The Morgan fingerprint density at radius 1 is 0.853 bits per heavy atom. The van der Waals surface area contributed by atoms with Gasteiger partial charge in [-0.15, -0.1) is 0 Å². The first-order valence-electron chi connectivity index (χ1n) is 10.9. The van der Waals surface area contributed by atoms with Gasteiger partial charge in [-0.1, -0.05) is 91.0 Å². The summed E-state index contributed by atoms with van der Waals surface area (Å²) in [5.74, 6) is -0.604. The van der Waals surface area contributed by atoms with E-state index in [4.69, 9.17) is 4.74 Å². The van der Waals surface area contributed by atoms with Crippen molar-refractivity contribution in [3.63, 3.8) is 0 Å². The fourth-order valence-electron chi connectivity index (χ4n) is 3.82. The lowest BCUT2D eigenvalue weighted by molar-refractivity contribution is -0.134. The summed E-state index contributed by atoms with van der Waals surface area (Å²) >= 11 is 0. The average molecular weight is 448 g/mol. The molecular weight excluding hydrogens is 425 g/mol. The van der Waals surface area contributed by atoms with E-state index in [9.17, 15) is 14.4 Å². The number of nitriles is 1. The van der Waals surface area contributed by atoms with Crippen LogP contribution >= 0.6 is 0 Å². The van der Waals surface area contributed by atoms with Crippen LogP contribution in [0.3, 0.4) is 0 Å². The predicted molar refractivity (Wildman–Crippen MR) is 131 cm³/mol. The number of hydrogen-bond donors (Lipinski definition) is 0. The van der Waals surface area contributed by atoms with Crippen LogP contribution in [0.25, 0.3) is 11.6 Å². The van der Waals surface area contributed by atoms with Crippen molar-refractivity contribution in [2.24, 2.45) is 0 Å². The largest absolute Gasteiger partial charge is 0.426 e. The van der Waals surface area contributed by atoms with Crippen LogP contribution in [0.1, 0.15) is 34.6 Å². The zero-order valence-electron chi connectivity index (χ0n) is 18.4. The number of hydrogen-bond acceptors (Lipinski definition) is 3. The zero-order chi connectivity index (χ0) is 23.8. The van der Waals surface area contributed by atoms with Crippen LogP contribution in [0.15, 0.2) is 109 Å². The highest BCUT2D eigenvalue weighted by atomic mass is 19.1. The van der Waals surface area contributed by atoms with E-state index < -0.39 is 5.82 Å². The number of halogens is 1. The average Bonchev–Trinajstić information content (AvgIpc) is 2.87. The SMILES string of the molecule is N#C/C(=C/c1cccc(OC(=O)CC(c2ccccc2)c2ccccc2)c1)c1ccccc1F. The molecule has 0 N–H and O–H groups in total. The molecule has 4 rings (SSSR count). The Balaban J connectivity index is 1.54. The highest BCUT2D eigenvalue weighted by Gasteiger charge is 2.19. The summed E-state index contributed by atoms with van der Waals surface area (Å²) in [6.45, 7) is 0. The first kappa shape index (κ1) is 22.7. The molecule has 0 radical (unpaired) electrons. The number of benzene rings is 4. The fraction of sp³-hybridized carbons (Fsp3) is 0.0667.